The van der Waals surface area contributed by atoms with Gasteiger partial charge in [-0.05, 0) is 6.54 Å². The highest BCUT2D eigenvalue weighted by atomic mass is 16.5. The van der Waals surface area contributed by atoms with Crippen molar-refractivity contribution in [3.05, 3.63) is 33.1 Å². The average Bonchev–Trinajstić information content (AvgIpc) is 2.30. The maximum absolute atomic E-state index is 11.7. The zero-order valence-electron chi connectivity index (χ0n) is 10.5. The van der Waals surface area contributed by atoms with Gasteiger partial charge in [0.2, 0.25) is 0 Å². The molecule has 1 aromatic rings. The van der Waals surface area contributed by atoms with Crippen molar-refractivity contribution in [1.29, 1.82) is 0 Å². The number of aromatic nitrogens is 2. The van der Waals surface area contributed by atoms with Gasteiger partial charge in [0, 0.05) is 39.1 Å². The van der Waals surface area contributed by atoms with Gasteiger partial charge in [-0.25, -0.2) is 0 Å². The molecule has 0 bridgehead atoms. The van der Waals surface area contributed by atoms with Crippen LogP contribution in [-0.2, 0) is 18.3 Å². The van der Waals surface area contributed by atoms with E-state index in [1.807, 2.05) is 6.92 Å². The van der Waals surface area contributed by atoms with Crippen molar-refractivity contribution in [3.63, 3.8) is 0 Å². The number of nitrogens with zero attached hydrogens (tertiary/aromatic N) is 2. The molecule has 0 aliphatic heterocycles. The van der Waals surface area contributed by atoms with Gasteiger partial charge in [-0.2, -0.15) is 0 Å². The fourth-order valence-corrected chi connectivity index (χ4v) is 1.64. The smallest absolute Gasteiger partial charge is 0.316 e. The Bertz CT molecular complexity index is 458. The summed E-state index contributed by atoms with van der Waals surface area (Å²) in [7, 11) is 3.17. The third kappa shape index (κ3) is 3.54. The number of likely N-dealkylation sites (N-methyl/N-ethyl adjacent to an activating group) is 1. The van der Waals surface area contributed by atoms with E-state index in [4.69, 9.17) is 4.74 Å². The van der Waals surface area contributed by atoms with Crippen molar-refractivity contribution in [2.75, 3.05) is 20.3 Å². The van der Waals surface area contributed by atoms with Crippen LogP contribution in [0.15, 0.2) is 22.0 Å². The number of nitrogens with one attached hydrogen (secondary N) is 1. The Balaban J connectivity index is 2.90. The number of aryl methyl sites for hydroxylation is 1. The molecule has 0 saturated carbocycles. The van der Waals surface area contributed by atoms with Crippen molar-refractivity contribution < 1.29 is 4.74 Å². The minimum absolute atomic E-state index is 0.0230. The Morgan fingerprint density at radius 3 is 2.65 bits per heavy atom. The zero-order chi connectivity index (χ0) is 12.8. The highest BCUT2D eigenvalue weighted by Gasteiger charge is 2.10. The highest BCUT2D eigenvalue weighted by Crippen LogP contribution is 1.90. The lowest BCUT2D eigenvalue weighted by atomic mass is 10.3. The van der Waals surface area contributed by atoms with Crippen LogP contribution in [0, 0.1) is 0 Å². The van der Waals surface area contributed by atoms with Crippen LogP contribution < -0.4 is 16.4 Å². The fraction of sp³-hybridized carbons (Fsp3) is 0.636. The number of hydrogen-bond donors (Lipinski definition) is 1. The van der Waals surface area contributed by atoms with Gasteiger partial charge in [0.15, 0.2) is 0 Å². The minimum Gasteiger partial charge on any atom is -0.383 e. The molecule has 0 radical (unpaired) electrons. The zero-order valence-corrected chi connectivity index (χ0v) is 10.5. The summed E-state index contributed by atoms with van der Waals surface area (Å²) in [5.41, 5.74) is -1.02. The third-order valence-corrected chi connectivity index (χ3v) is 2.51. The van der Waals surface area contributed by atoms with E-state index in [-0.39, 0.29) is 6.04 Å². The molecule has 1 N–H and O–H groups in total. The molecule has 0 aromatic carbocycles. The molecule has 1 rings (SSSR count). The maximum atomic E-state index is 11.7. The van der Waals surface area contributed by atoms with E-state index in [1.165, 1.54) is 9.13 Å². The summed E-state index contributed by atoms with van der Waals surface area (Å²) in [4.78, 5) is 23.2. The van der Waals surface area contributed by atoms with E-state index in [0.29, 0.717) is 13.2 Å². The molecule has 96 valence electrons. The second-order valence-corrected chi connectivity index (χ2v) is 3.88. The van der Waals surface area contributed by atoms with Gasteiger partial charge in [-0.3, -0.25) is 9.59 Å². The van der Waals surface area contributed by atoms with E-state index in [0.717, 1.165) is 6.54 Å². The van der Waals surface area contributed by atoms with Crippen LogP contribution in [0.2, 0.25) is 0 Å². The number of hydrogen-bond acceptors (Lipinski definition) is 4. The monoisotopic (exact) mass is 241 g/mol. The normalized spacial score (nSPS) is 12.6. The molecule has 6 nitrogen and oxygen atoms in total. The van der Waals surface area contributed by atoms with E-state index in [1.54, 1.807) is 26.6 Å². The van der Waals surface area contributed by atoms with Gasteiger partial charge in [0.05, 0.1) is 6.61 Å². The maximum Gasteiger partial charge on any atom is 0.316 e. The van der Waals surface area contributed by atoms with Crippen LogP contribution in [0.3, 0.4) is 0 Å². The van der Waals surface area contributed by atoms with Gasteiger partial charge in [-0.15, -0.1) is 0 Å². The molecule has 0 aliphatic carbocycles. The number of methoxy groups -OCH3 is 1. The average molecular weight is 241 g/mol. The molecular weight excluding hydrogens is 222 g/mol. The Hall–Kier alpha value is -1.40. The van der Waals surface area contributed by atoms with Crippen molar-refractivity contribution in [1.82, 2.24) is 14.5 Å². The predicted molar refractivity (Wildman–Crippen MR) is 65.3 cm³/mol. The predicted octanol–water partition coefficient (Wildman–Crippen LogP) is -0.828. The van der Waals surface area contributed by atoms with Crippen LogP contribution in [0.1, 0.15) is 6.92 Å². The summed E-state index contributed by atoms with van der Waals surface area (Å²) in [5, 5.41) is 3.20. The number of ether oxygens (including phenoxy) is 1. The summed E-state index contributed by atoms with van der Waals surface area (Å²) < 4.78 is 7.75. The molecule has 6 heteroatoms. The van der Waals surface area contributed by atoms with Crippen molar-refractivity contribution in [2.24, 2.45) is 7.05 Å². The number of rotatable bonds is 6. The summed E-state index contributed by atoms with van der Waals surface area (Å²) in [6.07, 6.45) is 3.20. The molecular formula is C11H19N3O3. The first-order valence-corrected chi connectivity index (χ1v) is 5.58. The topological polar surface area (TPSA) is 65.3 Å². The molecule has 0 spiro atoms. The molecule has 0 saturated heterocycles. The van der Waals surface area contributed by atoms with E-state index in [9.17, 15) is 9.59 Å². The van der Waals surface area contributed by atoms with Gasteiger partial charge in [0.1, 0.15) is 0 Å². The molecule has 0 aliphatic rings. The molecule has 17 heavy (non-hydrogen) atoms. The fourth-order valence-electron chi connectivity index (χ4n) is 1.64. The van der Waals surface area contributed by atoms with Crippen LogP contribution in [0.5, 0.6) is 0 Å². The Kier molecular flexibility index (Phi) is 5.11. The van der Waals surface area contributed by atoms with E-state index >= 15 is 0 Å². The lowest BCUT2D eigenvalue weighted by Gasteiger charge is -2.18. The lowest BCUT2D eigenvalue weighted by Crippen LogP contribution is -2.45. The summed E-state index contributed by atoms with van der Waals surface area (Å²) in [5.74, 6) is 0. The highest BCUT2D eigenvalue weighted by molar-refractivity contribution is 4.86. The second kappa shape index (κ2) is 6.36. The SMILES string of the molecule is CCNC(COC)Cn1ccn(C)c(=O)c1=O. The first-order valence-electron chi connectivity index (χ1n) is 5.58. The van der Waals surface area contributed by atoms with Gasteiger partial charge < -0.3 is 19.2 Å². The molecule has 0 fully saturated rings. The largest absolute Gasteiger partial charge is 0.383 e. The van der Waals surface area contributed by atoms with Crippen molar-refractivity contribution >= 4 is 0 Å². The van der Waals surface area contributed by atoms with Crippen LogP contribution in [0.25, 0.3) is 0 Å². The standard InChI is InChI=1S/C11H19N3O3/c1-4-12-9(8-17-3)7-14-6-5-13(2)10(15)11(14)16/h5-6,9,12H,4,7-8H2,1-3H3. The lowest BCUT2D eigenvalue weighted by molar-refractivity contribution is 0.159. The Morgan fingerprint density at radius 2 is 2.06 bits per heavy atom. The Labute approximate surface area is 99.8 Å². The van der Waals surface area contributed by atoms with Gasteiger partial charge in [0.25, 0.3) is 0 Å². The molecule has 1 atom stereocenters. The van der Waals surface area contributed by atoms with Crippen molar-refractivity contribution in [3.8, 4) is 0 Å². The molecule has 0 amide bonds. The van der Waals surface area contributed by atoms with Crippen LogP contribution >= 0.6 is 0 Å². The van der Waals surface area contributed by atoms with Crippen LogP contribution in [-0.4, -0.2) is 35.4 Å². The van der Waals surface area contributed by atoms with Gasteiger partial charge in [-0.1, -0.05) is 6.92 Å². The summed E-state index contributed by atoms with van der Waals surface area (Å²) in [6, 6.07) is 0.0230. The summed E-state index contributed by atoms with van der Waals surface area (Å²) in [6.45, 7) is 3.69. The molecule has 1 aromatic heterocycles. The minimum atomic E-state index is -0.514. The first kappa shape index (κ1) is 13.7. The van der Waals surface area contributed by atoms with E-state index < -0.39 is 11.1 Å². The second-order valence-electron chi connectivity index (χ2n) is 3.88. The quantitative estimate of drug-likeness (QED) is 0.660. The van der Waals surface area contributed by atoms with Crippen LogP contribution in [0.4, 0.5) is 0 Å². The van der Waals surface area contributed by atoms with Crippen molar-refractivity contribution in [2.45, 2.75) is 19.5 Å². The van der Waals surface area contributed by atoms with Gasteiger partial charge >= 0.3 is 11.1 Å². The molecule has 1 unspecified atom stereocenters. The third-order valence-electron chi connectivity index (χ3n) is 2.51. The molecule has 1 heterocycles. The Morgan fingerprint density at radius 1 is 1.35 bits per heavy atom. The summed E-state index contributed by atoms with van der Waals surface area (Å²) >= 11 is 0. The first-order chi connectivity index (χ1) is 8.10. The van der Waals surface area contributed by atoms with E-state index in [2.05, 4.69) is 5.32 Å².